The SMILES string of the molecule is C.Cc1cc(NC(=O)c2cnn3c2C(=O)N(c2ccc(C(F)(F)F)cc2)C[C@@H]3C)cc(C)n1.S. The Morgan fingerprint density at radius 1 is 1.12 bits per heavy atom. The van der Waals surface area contributed by atoms with Crippen molar-refractivity contribution in [3.05, 3.63) is 70.8 Å². The number of halogens is 3. The Morgan fingerprint density at radius 2 is 1.71 bits per heavy atom. The summed E-state index contributed by atoms with van der Waals surface area (Å²) in [5.41, 5.74) is 1.69. The summed E-state index contributed by atoms with van der Waals surface area (Å²) in [6.45, 7) is 5.63. The number of alkyl halides is 3. The third kappa shape index (κ3) is 5.09. The van der Waals surface area contributed by atoms with Crippen LogP contribution in [0.15, 0.2) is 42.6 Å². The van der Waals surface area contributed by atoms with Crippen LogP contribution in [0.1, 0.15) is 58.2 Å². The molecule has 0 fully saturated rings. The molecule has 2 aromatic heterocycles. The van der Waals surface area contributed by atoms with Gasteiger partial charge in [-0.15, -0.1) is 0 Å². The predicted octanol–water partition coefficient (Wildman–Crippen LogP) is 5.14. The number of aromatic nitrogens is 3. The quantitative estimate of drug-likeness (QED) is 0.548. The van der Waals surface area contributed by atoms with E-state index in [1.54, 1.807) is 26.0 Å². The molecule has 7 nitrogen and oxygen atoms in total. The van der Waals surface area contributed by atoms with Crippen molar-refractivity contribution >= 4 is 36.7 Å². The first-order valence-corrected chi connectivity index (χ1v) is 9.88. The third-order valence-electron chi connectivity index (χ3n) is 5.20. The molecule has 1 N–H and O–H groups in total. The summed E-state index contributed by atoms with van der Waals surface area (Å²) in [7, 11) is 0. The lowest BCUT2D eigenvalue weighted by Crippen LogP contribution is -2.43. The molecule has 0 aliphatic carbocycles. The molecule has 0 radical (unpaired) electrons. The van der Waals surface area contributed by atoms with E-state index in [4.69, 9.17) is 0 Å². The van der Waals surface area contributed by atoms with Crippen LogP contribution in [0.2, 0.25) is 0 Å². The zero-order valence-electron chi connectivity index (χ0n) is 18.1. The molecule has 3 aromatic rings. The van der Waals surface area contributed by atoms with Crippen molar-refractivity contribution in [1.29, 1.82) is 0 Å². The van der Waals surface area contributed by atoms with Gasteiger partial charge in [0.1, 0.15) is 5.69 Å². The summed E-state index contributed by atoms with van der Waals surface area (Å²) >= 11 is 0. The van der Waals surface area contributed by atoms with Gasteiger partial charge in [0.05, 0.1) is 23.4 Å². The number of carbonyl (C=O) groups excluding carboxylic acids is 2. The lowest BCUT2D eigenvalue weighted by molar-refractivity contribution is -0.137. The minimum atomic E-state index is -4.47. The molecule has 0 saturated heterocycles. The number of fused-ring (bicyclic) bond motifs is 1. The topological polar surface area (TPSA) is 80.1 Å². The Labute approximate surface area is 202 Å². The van der Waals surface area contributed by atoms with Crippen molar-refractivity contribution in [2.24, 2.45) is 0 Å². The minimum absolute atomic E-state index is 0. The zero-order chi connectivity index (χ0) is 23.2. The Balaban J connectivity index is 0.00000204. The number of benzene rings is 1. The lowest BCUT2D eigenvalue weighted by atomic mass is 10.1. The van der Waals surface area contributed by atoms with Crippen molar-refractivity contribution in [1.82, 2.24) is 14.8 Å². The van der Waals surface area contributed by atoms with Crippen molar-refractivity contribution in [3.63, 3.8) is 0 Å². The molecular formula is C23H26F3N5O2S. The first-order chi connectivity index (χ1) is 15.0. The van der Waals surface area contributed by atoms with Crippen LogP contribution < -0.4 is 10.2 Å². The number of nitrogens with zero attached hydrogens (tertiary/aromatic N) is 4. The van der Waals surface area contributed by atoms with E-state index in [9.17, 15) is 22.8 Å². The molecule has 1 atom stereocenters. The molecule has 4 rings (SSSR count). The first-order valence-electron chi connectivity index (χ1n) is 9.88. The van der Waals surface area contributed by atoms with Gasteiger partial charge in [0, 0.05) is 29.3 Å². The van der Waals surface area contributed by atoms with E-state index in [1.807, 2.05) is 6.92 Å². The monoisotopic (exact) mass is 493 g/mol. The van der Waals surface area contributed by atoms with Gasteiger partial charge in [0.25, 0.3) is 11.8 Å². The summed E-state index contributed by atoms with van der Waals surface area (Å²) < 4.78 is 40.1. The largest absolute Gasteiger partial charge is 0.416 e. The molecule has 0 bridgehead atoms. The van der Waals surface area contributed by atoms with E-state index in [1.165, 1.54) is 27.9 Å². The van der Waals surface area contributed by atoms with E-state index < -0.39 is 23.6 Å². The van der Waals surface area contributed by atoms with Crippen molar-refractivity contribution < 1.29 is 22.8 Å². The van der Waals surface area contributed by atoms with Crippen LogP contribution in [0.3, 0.4) is 0 Å². The highest BCUT2D eigenvalue weighted by molar-refractivity contribution is 7.59. The van der Waals surface area contributed by atoms with E-state index in [-0.39, 0.29) is 44.8 Å². The molecule has 182 valence electrons. The Morgan fingerprint density at radius 3 is 2.26 bits per heavy atom. The maximum atomic E-state index is 13.2. The van der Waals surface area contributed by atoms with E-state index in [0.717, 1.165) is 23.5 Å². The molecule has 1 aliphatic rings. The predicted molar refractivity (Wildman–Crippen MR) is 129 cm³/mol. The molecular weight excluding hydrogens is 467 g/mol. The van der Waals surface area contributed by atoms with Crippen LogP contribution in [-0.2, 0) is 6.18 Å². The summed E-state index contributed by atoms with van der Waals surface area (Å²) in [5.74, 6) is -1.02. The maximum Gasteiger partial charge on any atom is 0.416 e. The van der Waals surface area contributed by atoms with E-state index >= 15 is 0 Å². The Kier molecular flexibility index (Phi) is 7.82. The van der Waals surface area contributed by atoms with Gasteiger partial charge in [0.15, 0.2) is 0 Å². The third-order valence-corrected chi connectivity index (χ3v) is 5.20. The van der Waals surface area contributed by atoms with Crippen molar-refractivity contribution in [2.75, 3.05) is 16.8 Å². The molecule has 1 aromatic carbocycles. The molecule has 11 heteroatoms. The number of nitrogens with one attached hydrogen (secondary N) is 1. The van der Waals surface area contributed by atoms with Gasteiger partial charge in [-0.25, -0.2) is 0 Å². The van der Waals surface area contributed by atoms with Crippen LogP contribution >= 0.6 is 13.5 Å². The first kappa shape index (κ1) is 26.9. The second-order valence-corrected chi connectivity index (χ2v) is 7.75. The van der Waals surface area contributed by atoms with Crippen LogP contribution in [-0.4, -0.2) is 33.1 Å². The Bertz CT molecular complexity index is 1190. The molecule has 0 unspecified atom stereocenters. The highest BCUT2D eigenvalue weighted by Crippen LogP contribution is 2.33. The normalized spacial score (nSPS) is 15.2. The van der Waals surface area contributed by atoms with Gasteiger partial charge in [0.2, 0.25) is 0 Å². The number of anilines is 2. The lowest BCUT2D eigenvalue weighted by Gasteiger charge is -2.32. The number of hydrogen-bond donors (Lipinski definition) is 1. The fourth-order valence-corrected chi connectivity index (χ4v) is 3.79. The van der Waals surface area contributed by atoms with Crippen LogP contribution in [0.25, 0.3) is 0 Å². The summed E-state index contributed by atoms with van der Waals surface area (Å²) in [5, 5.41) is 6.97. The number of pyridine rings is 1. The number of hydrogen-bond acceptors (Lipinski definition) is 4. The summed E-state index contributed by atoms with van der Waals surface area (Å²) in [6, 6.07) is 7.50. The second-order valence-electron chi connectivity index (χ2n) is 7.75. The number of carbonyl (C=O) groups is 2. The highest BCUT2D eigenvalue weighted by Gasteiger charge is 2.36. The van der Waals surface area contributed by atoms with Gasteiger partial charge in [-0.2, -0.15) is 31.8 Å². The van der Waals surface area contributed by atoms with E-state index in [0.29, 0.717) is 11.4 Å². The molecule has 2 amide bonds. The minimum Gasteiger partial charge on any atom is -0.322 e. The molecule has 1 aliphatic heterocycles. The number of rotatable bonds is 3. The average molecular weight is 494 g/mol. The molecule has 0 saturated carbocycles. The van der Waals surface area contributed by atoms with Gasteiger partial charge in [-0.05, 0) is 57.2 Å². The van der Waals surface area contributed by atoms with Gasteiger partial charge < -0.3 is 10.2 Å². The van der Waals surface area contributed by atoms with Crippen molar-refractivity contribution in [3.8, 4) is 0 Å². The summed E-state index contributed by atoms with van der Waals surface area (Å²) in [6.07, 6.45) is -3.14. The average Bonchev–Trinajstić information content (AvgIpc) is 3.16. The van der Waals surface area contributed by atoms with Gasteiger partial charge >= 0.3 is 6.18 Å². The van der Waals surface area contributed by atoms with Crippen LogP contribution in [0, 0.1) is 13.8 Å². The number of amides is 2. The highest BCUT2D eigenvalue weighted by atomic mass is 32.1. The maximum absolute atomic E-state index is 13.2. The molecule has 0 spiro atoms. The fraction of sp³-hybridized carbons (Fsp3) is 0.304. The smallest absolute Gasteiger partial charge is 0.322 e. The standard InChI is InChI=1S/C22H20F3N5O2.CH4.H2S/c1-12-8-16(9-13(2)27-12)28-20(31)18-10-26-30-14(3)11-29(21(32)19(18)30)17-6-4-15(5-7-17)22(23,24)25;;/h4-10,14H,11H2,1-3H3,(H,27,28,31);1H4;1H2/t14-;;/m0../s1. The summed E-state index contributed by atoms with van der Waals surface area (Å²) in [4.78, 5) is 31.8. The van der Waals surface area contributed by atoms with E-state index in [2.05, 4.69) is 15.4 Å². The van der Waals surface area contributed by atoms with Gasteiger partial charge in [-0.1, -0.05) is 7.43 Å². The second kappa shape index (κ2) is 9.88. The van der Waals surface area contributed by atoms with Gasteiger partial charge in [-0.3, -0.25) is 19.3 Å². The van der Waals surface area contributed by atoms with Crippen molar-refractivity contribution in [2.45, 2.75) is 40.4 Å². The zero-order valence-corrected chi connectivity index (χ0v) is 19.1. The van der Waals surface area contributed by atoms with Crippen LogP contribution in [0.5, 0.6) is 0 Å². The van der Waals surface area contributed by atoms with Crippen LogP contribution in [0.4, 0.5) is 24.5 Å². The number of aryl methyl sites for hydroxylation is 2. The Hall–Kier alpha value is -3.34. The fourth-order valence-electron chi connectivity index (χ4n) is 3.79. The molecule has 34 heavy (non-hydrogen) atoms. The molecule has 3 heterocycles.